The van der Waals surface area contributed by atoms with E-state index in [9.17, 15) is 0 Å². The first-order valence-corrected chi connectivity index (χ1v) is 7.89. The number of nitrogens with zero attached hydrogens (tertiary/aromatic N) is 1. The van der Waals surface area contributed by atoms with E-state index >= 15 is 0 Å². The largest absolute Gasteiger partial charge is 0.256 e. The van der Waals surface area contributed by atoms with E-state index in [1.165, 1.54) is 21.5 Å². The highest BCUT2D eigenvalue weighted by molar-refractivity contribution is 6.30. The molecule has 0 aromatic heterocycles. The van der Waals surface area contributed by atoms with Gasteiger partial charge in [0.25, 0.3) is 0 Å². The molecule has 0 spiro atoms. The first kappa shape index (κ1) is 14.0. The third kappa shape index (κ3) is 2.71. The molecule has 110 valence electrons. The molecular weight excluding hydrogens is 302 g/mol. The molecule has 0 aliphatic carbocycles. The lowest BCUT2D eigenvalue weighted by atomic mass is 9.97. The van der Waals surface area contributed by atoms with Crippen molar-refractivity contribution in [3.05, 3.63) is 89.4 Å². The monoisotopic (exact) mass is 315 g/mol. The van der Waals surface area contributed by atoms with Gasteiger partial charge in [-0.15, -0.1) is 0 Å². The predicted molar refractivity (Wildman–Crippen MR) is 100 cm³/mol. The quantitative estimate of drug-likeness (QED) is 0.300. The van der Waals surface area contributed by atoms with Gasteiger partial charge in [0.2, 0.25) is 0 Å². The maximum atomic E-state index is 5.93. The number of hydrogen-bond acceptors (Lipinski definition) is 1. The second-order valence-corrected chi connectivity index (χ2v) is 5.90. The Kier molecular flexibility index (Phi) is 3.57. The zero-order chi connectivity index (χ0) is 15.6. The highest BCUT2D eigenvalue weighted by Crippen LogP contribution is 2.28. The minimum absolute atomic E-state index is 0.722. The van der Waals surface area contributed by atoms with Crippen molar-refractivity contribution in [1.29, 1.82) is 0 Å². The molecule has 4 aromatic rings. The average molecular weight is 316 g/mol. The Morgan fingerprint density at radius 3 is 1.87 bits per heavy atom. The van der Waals surface area contributed by atoms with E-state index in [-0.39, 0.29) is 0 Å². The summed E-state index contributed by atoms with van der Waals surface area (Å²) in [6.45, 7) is 0. The predicted octanol–water partition coefficient (Wildman–Crippen LogP) is 6.40. The summed E-state index contributed by atoms with van der Waals surface area (Å²) in [6.07, 6.45) is 1.95. The number of aliphatic imine (C=N–C) groups is 1. The molecule has 2 heteroatoms. The molecule has 1 nitrogen and oxygen atoms in total. The van der Waals surface area contributed by atoms with E-state index in [1.807, 2.05) is 30.5 Å². The number of hydrogen-bond donors (Lipinski definition) is 0. The van der Waals surface area contributed by atoms with Gasteiger partial charge in [-0.1, -0.05) is 60.1 Å². The molecule has 0 heterocycles. The molecule has 0 bridgehead atoms. The summed E-state index contributed by atoms with van der Waals surface area (Å²) in [7, 11) is 0. The fourth-order valence-electron chi connectivity index (χ4n) is 2.85. The van der Waals surface area contributed by atoms with E-state index in [2.05, 4.69) is 59.6 Å². The van der Waals surface area contributed by atoms with Crippen LogP contribution in [0, 0.1) is 0 Å². The van der Waals surface area contributed by atoms with Gasteiger partial charge < -0.3 is 0 Å². The first-order chi connectivity index (χ1) is 11.3. The molecule has 0 atom stereocenters. The average Bonchev–Trinajstić information content (AvgIpc) is 2.60. The Morgan fingerprint density at radius 1 is 0.696 bits per heavy atom. The summed E-state index contributed by atoms with van der Waals surface area (Å²) in [6, 6.07) is 26.6. The molecular formula is C21H14ClN. The van der Waals surface area contributed by atoms with Crippen LogP contribution < -0.4 is 0 Å². The lowest BCUT2D eigenvalue weighted by Gasteiger charge is -2.07. The number of benzene rings is 4. The van der Waals surface area contributed by atoms with Crippen LogP contribution in [0.3, 0.4) is 0 Å². The van der Waals surface area contributed by atoms with E-state index < -0.39 is 0 Å². The molecule has 0 fully saturated rings. The molecule has 0 N–H and O–H groups in total. The lowest BCUT2D eigenvalue weighted by Crippen LogP contribution is -1.88. The standard InChI is InChI=1S/C21H14ClN/c22-17-9-11-18(12-10-17)23-14-21-19-7-3-1-5-15(19)13-16-6-2-4-8-20(16)21/h1-14H. The van der Waals surface area contributed by atoms with Crippen molar-refractivity contribution < 1.29 is 0 Å². The van der Waals surface area contributed by atoms with Crippen LogP contribution in [0.2, 0.25) is 5.02 Å². The fraction of sp³-hybridized carbons (Fsp3) is 0. The van der Waals surface area contributed by atoms with E-state index in [0.29, 0.717) is 0 Å². The van der Waals surface area contributed by atoms with Crippen LogP contribution in [0.15, 0.2) is 83.9 Å². The molecule has 4 aromatic carbocycles. The van der Waals surface area contributed by atoms with E-state index in [1.54, 1.807) is 0 Å². The lowest BCUT2D eigenvalue weighted by molar-refractivity contribution is 1.54. The van der Waals surface area contributed by atoms with Gasteiger partial charge in [-0.2, -0.15) is 0 Å². The number of fused-ring (bicyclic) bond motifs is 2. The zero-order valence-electron chi connectivity index (χ0n) is 12.4. The van der Waals surface area contributed by atoms with Gasteiger partial charge in [-0.05, 0) is 51.9 Å². The number of rotatable bonds is 2. The van der Waals surface area contributed by atoms with Gasteiger partial charge in [-0.3, -0.25) is 4.99 Å². The third-order valence-electron chi connectivity index (χ3n) is 3.98. The second-order valence-electron chi connectivity index (χ2n) is 5.47. The Morgan fingerprint density at radius 2 is 1.26 bits per heavy atom. The summed E-state index contributed by atoms with van der Waals surface area (Å²) in [5.41, 5.74) is 2.04. The molecule has 0 radical (unpaired) electrons. The van der Waals surface area contributed by atoms with Crippen LogP contribution in [0.5, 0.6) is 0 Å². The molecule has 0 aliphatic heterocycles. The van der Waals surface area contributed by atoms with E-state index in [0.717, 1.165) is 16.3 Å². The van der Waals surface area contributed by atoms with Crippen molar-refractivity contribution in [1.82, 2.24) is 0 Å². The highest BCUT2D eigenvalue weighted by atomic mass is 35.5. The Balaban J connectivity index is 1.93. The normalized spacial score (nSPS) is 11.5. The maximum Gasteiger partial charge on any atom is 0.0630 e. The first-order valence-electron chi connectivity index (χ1n) is 7.51. The van der Waals surface area contributed by atoms with E-state index in [4.69, 9.17) is 11.6 Å². The fourth-order valence-corrected chi connectivity index (χ4v) is 2.98. The number of halogens is 1. The van der Waals surface area contributed by atoms with Gasteiger partial charge >= 0.3 is 0 Å². The molecule has 0 aliphatic rings. The summed E-state index contributed by atoms with van der Waals surface area (Å²) < 4.78 is 0. The van der Waals surface area contributed by atoms with Gasteiger partial charge in [0.15, 0.2) is 0 Å². The molecule has 23 heavy (non-hydrogen) atoms. The van der Waals surface area contributed by atoms with Crippen LogP contribution in [0.4, 0.5) is 5.69 Å². The van der Waals surface area contributed by atoms with Crippen molar-refractivity contribution in [2.45, 2.75) is 0 Å². The summed E-state index contributed by atoms with van der Waals surface area (Å²) >= 11 is 5.93. The van der Waals surface area contributed by atoms with Crippen LogP contribution >= 0.6 is 11.6 Å². The Bertz CT molecular complexity index is 963. The van der Waals surface area contributed by atoms with Crippen LogP contribution in [-0.4, -0.2) is 6.21 Å². The van der Waals surface area contributed by atoms with Gasteiger partial charge in [0.1, 0.15) is 0 Å². The Hall–Kier alpha value is -2.64. The summed E-state index contributed by atoms with van der Waals surface area (Å²) in [5, 5.41) is 5.60. The van der Waals surface area contributed by atoms with Crippen LogP contribution in [-0.2, 0) is 0 Å². The van der Waals surface area contributed by atoms with Crippen molar-refractivity contribution >= 4 is 45.0 Å². The molecule has 0 saturated carbocycles. The summed E-state index contributed by atoms with van der Waals surface area (Å²) in [5.74, 6) is 0. The van der Waals surface area contributed by atoms with Gasteiger partial charge in [0.05, 0.1) is 5.69 Å². The maximum absolute atomic E-state index is 5.93. The molecule has 0 saturated heterocycles. The minimum atomic E-state index is 0.722. The zero-order valence-corrected chi connectivity index (χ0v) is 13.2. The van der Waals surface area contributed by atoms with Crippen LogP contribution in [0.1, 0.15) is 5.56 Å². The topological polar surface area (TPSA) is 12.4 Å². The molecule has 0 unspecified atom stereocenters. The van der Waals surface area contributed by atoms with Crippen LogP contribution in [0.25, 0.3) is 21.5 Å². The molecule has 0 amide bonds. The van der Waals surface area contributed by atoms with Crippen molar-refractivity contribution in [2.75, 3.05) is 0 Å². The minimum Gasteiger partial charge on any atom is -0.256 e. The SMILES string of the molecule is Clc1ccc(N=Cc2c3ccccc3cc3ccccc23)cc1. The molecule has 4 rings (SSSR count). The summed E-state index contributed by atoms with van der Waals surface area (Å²) in [4.78, 5) is 4.63. The third-order valence-corrected chi connectivity index (χ3v) is 4.23. The van der Waals surface area contributed by atoms with Crippen molar-refractivity contribution in [3.8, 4) is 0 Å². The highest BCUT2D eigenvalue weighted by Gasteiger charge is 2.05. The van der Waals surface area contributed by atoms with Gasteiger partial charge in [0, 0.05) is 16.8 Å². The van der Waals surface area contributed by atoms with Crippen molar-refractivity contribution in [2.24, 2.45) is 4.99 Å². The smallest absolute Gasteiger partial charge is 0.0630 e. The van der Waals surface area contributed by atoms with Gasteiger partial charge in [-0.25, -0.2) is 0 Å². The Labute approximate surface area is 139 Å². The second kappa shape index (κ2) is 5.86. The van der Waals surface area contributed by atoms with Crippen molar-refractivity contribution in [3.63, 3.8) is 0 Å².